The molecule has 2 aliphatic rings. The van der Waals surface area contributed by atoms with Crippen molar-refractivity contribution in [2.24, 2.45) is 11.8 Å². The van der Waals surface area contributed by atoms with Crippen LogP contribution in [0.2, 0.25) is 0 Å². The molecule has 2 radical (unpaired) electrons. The van der Waals surface area contributed by atoms with Crippen LogP contribution in [-0.4, -0.2) is 87.3 Å². The Labute approximate surface area is 182 Å². The van der Waals surface area contributed by atoms with Crippen LogP contribution in [0.5, 0.6) is 0 Å². The largest absolute Gasteiger partial charge is 0.469 e. The van der Waals surface area contributed by atoms with Crippen molar-refractivity contribution in [1.82, 2.24) is 0 Å². The number of ether oxygens (including phenoxy) is 3. The summed E-state index contributed by atoms with van der Waals surface area (Å²) < 4.78 is 32.4. The molecular formula is C18H32BO11P. The van der Waals surface area contributed by atoms with Crippen molar-refractivity contribution >= 4 is 21.4 Å². The molecule has 0 aromatic carbocycles. The topological polar surface area (TPSA) is 172 Å². The summed E-state index contributed by atoms with van der Waals surface area (Å²) in [5.41, 5.74) is -1.76. The van der Waals surface area contributed by atoms with Gasteiger partial charge in [0, 0.05) is 0 Å². The maximum absolute atomic E-state index is 10.9. The van der Waals surface area contributed by atoms with E-state index in [4.69, 9.17) is 31.8 Å². The monoisotopic (exact) mass is 466 g/mol. The number of fused-ring (bicyclic) bond motifs is 1. The van der Waals surface area contributed by atoms with Gasteiger partial charge in [-0.1, -0.05) is 0 Å². The minimum absolute atomic E-state index is 0.205. The molecule has 13 heteroatoms. The van der Waals surface area contributed by atoms with Crippen LogP contribution in [0.15, 0.2) is 0 Å². The van der Waals surface area contributed by atoms with Gasteiger partial charge in [0.25, 0.3) is 0 Å². The molecule has 1 saturated carbocycles. The molecule has 6 unspecified atom stereocenters. The first-order valence-corrected chi connectivity index (χ1v) is 11.6. The average molecular weight is 466 g/mol. The third kappa shape index (κ3) is 6.80. The molecule has 0 aromatic rings. The van der Waals surface area contributed by atoms with Crippen LogP contribution in [0.3, 0.4) is 0 Å². The van der Waals surface area contributed by atoms with E-state index in [0.29, 0.717) is 19.4 Å². The predicted octanol–water partition coefficient (Wildman–Crippen LogP) is -0.436. The highest BCUT2D eigenvalue weighted by atomic mass is 31.2. The lowest BCUT2D eigenvalue weighted by molar-refractivity contribution is -0.451. The SMILES string of the molecule is [B]C(=O)CCC(C)(C)OCCC(C)(C)OC1OC2(O)C(COP(=O)(O)O)C(O)C(O)C12. The van der Waals surface area contributed by atoms with Crippen molar-refractivity contribution in [3.63, 3.8) is 0 Å². The second kappa shape index (κ2) is 9.46. The molecule has 0 spiro atoms. The molecule has 178 valence electrons. The van der Waals surface area contributed by atoms with Gasteiger partial charge in [0.1, 0.15) is 0 Å². The predicted molar refractivity (Wildman–Crippen MR) is 107 cm³/mol. The number of rotatable bonds is 12. The van der Waals surface area contributed by atoms with Gasteiger partial charge in [-0.15, -0.1) is 0 Å². The molecule has 6 atom stereocenters. The summed E-state index contributed by atoms with van der Waals surface area (Å²) in [4.78, 5) is 28.7. The minimum atomic E-state index is -4.83. The van der Waals surface area contributed by atoms with Gasteiger partial charge in [0.05, 0.1) is 54.1 Å². The number of carbonyl (C=O) groups is 1. The maximum atomic E-state index is 10.9. The van der Waals surface area contributed by atoms with E-state index in [1.807, 2.05) is 13.8 Å². The standard InChI is InChI=1S/C18H32BO11P/c1-16(2,6-5-11(19)20)27-8-7-17(3,4)29-15-12-14(22)13(21)10(18(12,23)30-15)9-28-31(24,25)26/h10,12-15,21-23H,5-9H2,1-4H3,(H2,24,25,26). The highest BCUT2D eigenvalue weighted by Gasteiger charge is 2.71. The average Bonchev–Trinajstić information content (AvgIpc) is 2.71. The molecular weight excluding hydrogens is 434 g/mol. The molecule has 0 amide bonds. The van der Waals surface area contributed by atoms with E-state index in [0.717, 1.165) is 0 Å². The van der Waals surface area contributed by atoms with Crippen molar-refractivity contribution in [1.29, 1.82) is 0 Å². The van der Waals surface area contributed by atoms with Crippen LogP contribution in [0.25, 0.3) is 0 Å². The summed E-state index contributed by atoms with van der Waals surface area (Å²) in [6.07, 6.45) is -2.92. The summed E-state index contributed by atoms with van der Waals surface area (Å²) in [6.45, 7) is 6.80. The molecule has 31 heavy (non-hydrogen) atoms. The zero-order valence-corrected chi connectivity index (χ0v) is 19.0. The Morgan fingerprint density at radius 2 is 1.74 bits per heavy atom. The number of phosphoric acid groups is 1. The van der Waals surface area contributed by atoms with Gasteiger partial charge in [-0.3, -0.25) is 4.52 Å². The van der Waals surface area contributed by atoms with Gasteiger partial charge >= 0.3 is 7.82 Å². The second-order valence-electron chi connectivity index (χ2n) is 9.34. The number of aliphatic hydroxyl groups is 3. The summed E-state index contributed by atoms with van der Waals surface area (Å²) in [5, 5.41) is 31.2. The van der Waals surface area contributed by atoms with Crippen LogP contribution in [0.4, 0.5) is 0 Å². The van der Waals surface area contributed by atoms with Gasteiger partial charge in [0.15, 0.2) is 19.9 Å². The lowest BCUT2D eigenvalue weighted by atomic mass is 9.89. The first-order chi connectivity index (χ1) is 14.0. The van der Waals surface area contributed by atoms with Crippen molar-refractivity contribution in [2.45, 2.75) is 82.4 Å². The number of hydrogen-bond donors (Lipinski definition) is 5. The molecule has 1 aliphatic heterocycles. The Kier molecular flexibility index (Phi) is 8.19. The fraction of sp³-hybridized carbons (Fsp3) is 0.944. The van der Waals surface area contributed by atoms with E-state index in [9.17, 15) is 24.7 Å². The third-order valence-corrected chi connectivity index (χ3v) is 6.25. The van der Waals surface area contributed by atoms with Gasteiger partial charge in [-0.05, 0) is 47.0 Å². The van der Waals surface area contributed by atoms with Gasteiger partial charge in [0.2, 0.25) is 0 Å². The minimum Gasteiger partial charge on any atom is -0.390 e. The zero-order valence-electron chi connectivity index (χ0n) is 18.1. The Balaban J connectivity index is 1.90. The molecule has 11 nitrogen and oxygen atoms in total. The summed E-state index contributed by atoms with van der Waals surface area (Å²) in [6, 6.07) is 0. The van der Waals surface area contributed by atoms with Crippen molar-refractivity contribution in [3.05, 3.63) is 0 Å². The molecule has 1 saturated heterocycles. The number of phosphoric ester groups is 1. The number of hydrogen-bond acceptors (Lipinski definition) is 9. The van der Waals surface area contributed by atoms with E-state index >= 15 is 0 Å². The molecule has 2 rings (SSSR count). The Morgan fingerprint density at radius 3 is 2.29 bits per heavy atom. The molecule has 5 N–H and O–H groups in total. The Hall–Kier alpha value is -0.395. The second-order valence-corrected chi connectivity index (χ2v) is 10.6. The lowest BCUT2D eigenvalue weighted by Crippen LogP contribution is -2.65. The quantitative estimate of drug-likeness (QED) is 0.187. The van der Waals surface area contributed by atoms with E-state index in [1.54, 1.807) is 13.8 Å². The smallest absolute Gasteiger partial charge is 0.390 e. The fourth-order valence-electron chi connectivity index (χ4n) is 3.83. The number of carbonyl (C=O) groups excluding carboxylic acids is 1. The normalized spacial score (nSPS) is 33.8. The molecule has 0 bridgehead atoms. The molecule has 0 aromatic heterocycles. The summed E-state index contributed by atoms with van der Waals surface area (Å²) in [7, 11) is 0.332. The van der Waals surface area contributed by atoms with E-state index < -0.39 is 67.4 Å². The van der Waals surface area contributed by atoms with Gasteiger partial charge < -0.3 is 44.1 Å². The summed E-state index contributed by atoms with van der Waals surface area (Å²) >= 11 is 0. The van der Waals surface area contributed by atoms with E-state index in [1.165, 1.54) is 0 Å². The maximum Gasteiger partial charge on any atom is 0.469 e. The highest BCUT2D eigenvalue weighted by Crippen LogP contribution is 2.55. The van der Waals surface area contributed by atoms with Crippen molar-refractivity contribution in [2.75, 3.05) is 13.2 Å². The lowest BCUT2D eigenvalue weighted by Gasteiger charge is -2.51. The zero-order chi connectivity index (χ0) is 23.8. The first-order valence-electron chi connectivity index (χ1n) is 10.0. The van der Waals surface area contributed by atoms with Crippen LogP contribution in [0.1, 0.15) is 47.0 Å². The molecule has 1 aliphatic carbocycles. The molecule has 2 fully saturated rings. The Bertz CT molecular complexity index is 696. The highest BCUT2D eigenvalue weighted by molar-refractivity contribution is 7.46. The number of aliphatic hydroxyl groups excluding tert-OH is 2. The van der Waals surface area contributed by atoms with Gasteiger partial charge in [-0.25, -0.2) is 4.57 Å². The van der Waals surface area contributed by atoms with Crippen molar-refractivity contribution < 1.29 is 53.2 Å². The van der Waals surface area contributed by atoms with E-state index in [2.05, 4.69) is 4.52 Å². The third-order valence-electron chi connectivity index (χ3n) is 5.76. The van der Waals surface area contributed by atoms with Crippen LogP contribution < -0.4 is 0 Å². The fourth-order valence-corrected chi connectivity index (χ4v) is 4.19. The summed E-state index contributed by atoms with van der Waals surface area (Å²) in [5.74, 6) is -4.33. The molecule has 1 heterocycles. The Morgan fingerprint density at radius 1 is 1.13 bits per heavy atom. The van der Waals surface area contributed by atoms with Crippen LogP contribution >= 0.6 is 7.82 Å². The van der Waals surface area contributed by atoms with Crippen LogP contribution in [0, 0.1) is 11.8 Å². The van der Waals surface area contributed by atoms with Crippen molar-refractivity contribution in [3.8, 4) is 0 Å². The van der Waals surface area contributed by atoms with Crippen LogP contribution in [-0.2, 0) is 28.1 Å². The van der Waals surface area contributed by atoms with Gasteiger partial charge in [-0.2, -0.15) is 0 Å². The first kappa shape index (κ1) is 26.9. The van der Waals surface area contributed by atoms with E-state index in [-0.39, 0.29) is 6.42 Å².